The van der Waals surface area contributed by atoms with E-state index in [1.807, 2.05) is 24.3 Å². The molecule has 0 spiro atoms. The number of rotatable bonds is 3. The van der Waals surface area contributed by atoms with Gasteiger partial charge in [-0.2, -0.15) is 0 Å². The van der Waals surface area contributed by atoms with Crippen molar-refractivity contribution in [3.63, 3.8) is 0 Å². The lowest BCUT2D eigenvalue weighted by Gasteiger charge is -1.96. The topological polar surface area (TPSA) is 68.1 Å². The number of nitrogens with one attached hydrogen (secondary N) is 1. The van der Waals surface area contributed by atoms with Crippen LogP contribution in [0, 0.1) is 0 Å². The maximum atomic E-state index is 11.6. The van der Waals surface area contributed by atoms with E-state index in [1.165, 1.54) is 0 Å². The first-order valence-corrected chi connectivity index (χ1v) is 5.98. The van der Waals surface area contributed by atoms with Gasteiger partial charge >= 0.3 is 5.97 Å². The standard InChI is InChI=1S/C14H12N2O3/c1-2-18-14(17)13-15-7-11(16-13)10-8-19-12-6-4-3-5-9(10)12/h3-8H,2H2,1H3,(H,15,16). The molecule has 1 N–H and O–H groups in total. The predicted molar refractivity (Wildman–Crippen MR) is 69.8 cm³/mol. The molecular weight excluding hydrogens is 244 g/mol. The van der Waals surface area contributed by atoms with Gasteiger partial charge in [0.05, 0.1) is 18.5 Å². The highest BCUT2D eigenvalue weighted by atomic mass is 16.5. The first-order valence-electron chi connectivity index (χ1n) is 5.98. The molecule has 3 aromatic rings. The van der Waals surface area contributed by atoms with Gasteiger partial charge in [-0.3, -0.25) is 0 Å². The Balaban J connectivity index is 2.01. The molecule has 0 unspecified atom stereocenters. The molecule has 0 aliphatic heterocycles. The molecular formula is C14H12N2O3. The van der Waals surface area contributed by atoms with Crippen LogP contribution in [-0.2, 0) is 4.74 Å². The maximum Gasteiger partial charge on any atom is 0.374 e. The third-order valence-corrected chi connectivity index (χ3v) is 2.82. The average molecular weight is 256 g/mol. The summed E-state index contributed by atoms with van der Waals surface area (Å²) < 4.78 is 10.3. The van der Waals surface area contributed by atoms with Crippen molar-refractivity contribution in [3.05, 3.63) is 42.5 Å². The SMILES string of the molecule is CCOC(=O)c1ncc(-c2coc3ccccc23)[nH]1. The molecule has 0 amide bonds. The van der Waals surface area contributed by atoms with Crippen molar-refractivity contribution >= 4 is 16.9 Å². The minimum atomic E-state index is -0.457. The van der Waals surface area contributed by atoms with Crippen molar-refractivity contribution in [2.75, 3.05) is 6.61 Å². The molecule has 96 valence electrons. The van der Waals surface area contributed by atoms with Crippen molar-refractivity contribution < 1.29 is 13.9 Å². The van der Waals surface area contributed by atoms with Gasteiger partial charge in [0.15, 0.2) is 0 Å². The second-order valence-electron chi connectivity index (χ2n) is 4.01. The van der Waals surface area contributed by atoms with Gasteiger partial charge in [0.25, 0.3) is 0 Å². The summed E-state index contributed by atoms with van der Waals surface area (Å²) in [5.41, 5.74) is 2.40. The number of aromatic nitrogens is 2. The molecule has 0 bridgehead atoms. The number of aromatic amines is 1. The third kappa shape index (κ3) is 1.99. The lowest BCUT2D eigenvalue weighted by molar-refractivity contribution is 0.0513. The summed E-state index contributed by atoms with van der Waals surface area (Å²) in [4.78, 5) is 18.5. The van der Waals surface area contributed by atoms with Crippen molar-refractivity contribution in [1.29, 1.82) is 0 Å². The molecule has 0 aliphatic rings. The second kappa shape index (κ2) is 4.61. The quantitative estimate of drug-likeness (QED) is 0.731. The Bertz CT molecular complexity index is 727. The summed E-state index contributed by atoms with van der Waals surface area (Å²) in [7, 11) is 0. The largest absolute Gasteiger partial charge is 0.464 e. The second-order valence-corrected chi connectivity index (χ2v) is 4.01. The number of H-pyrrole nitrogens is 1. The summed E-state index contributed by atoms with van der Waals surface area (Å²) in [6.45, 7) is 2.08. The van der Waals surface area contributed by atoms with Crippen LogP contribution in [-0.4, -0.2) is 22.5 Å². The van der Waals surface area contributed by atoms with Gasteiger partial charge in [0.1, 0.15) is 11.8 Å². The number of hydrogen-bond acceptors (Lipinski definition) is 4. The zero-order valence-corrected chi connectivity index (χ0v) is 10.3. The average Bonchev–Trinajstić information content (AvgIpc) is 3.05. The molecule has 19 heavy (non-hydrogen) atoms. The van der Waals surface area contributed by atoms with Crippen LogP contribution in [0.15, 0.2) is 41.1 Å². The fraction of sp³-hybridized carbons (Fsp3) is 0.143. The Kier molecular flexibility index (Phi) is 2.79. The number of carbonyl (C=O) groups excluding carboxylic acids is 1. The lowest BCUT2D eigenvalue weighted by atomic mass is 10.1. The third-order valence-electron chi connectivity index (χ3n) is 2.82. The Hall–Kier alpha value is -2.56. The normalized spacial score (nSPS) is 10.8. The van der Waals surface area contributed by atoms with Crippen LogP contribution in [0.1, 0.15) is 17.5 Å². The lowest BCUT2D eigenvalue weighted by Crippen LogP contribution is -2.06. The molecule has 0 saturated heterocycles. The first-order chi connectivity index (χ1) is 9.29. The molecule has 0 saturated carbocycles. The minimum absolute atomic E-state index is 0.196. The summed E-state index contributed by atoms with van der Waals surface area (Å²) in [5, 5.41) is 0.974. The molecule has 5 nitrogen and oxygen atoms in total. The van der Waals surface area contributed by atoms with Gasteiger partial charge in [0.2, 0.25) is 5.82 Å². The molecule has 0 fully saturated rings. The van der Waals surface area contributed by atoms with Gasteiger partial charge in [0, 0.05) is 10.9 Å². The monoisotopic (exact) mass is 256 g/mol. The Morgan fingerprint density at radius 1 is 1.42 bits per heavy atom. The summed E-state index contributed by atoms with van der Waals surface area (Å²) in [6, 6.07) is 7.69. The van der Waals surface area contributed by atoms with Crippen LogP contribution in [0.5, 0.6) is 0 Å². The van der Waals surface area contributed by atoms with Gasteiger partial charge in [-0.25, -0.2) is 9.78 Å². The number of para-hydroxylation sites is 1. The Labute approximate surface area is 109 Å². The van der Waals surface area contributed by atoms with E-state index in [9.17, 15) is 4.79 Å². The molecule has 5 heteroatoms. The van der Waals surface area contributed by atoms with Crippen LogP contribution in [0.4, 0.5) is 0 Å². The molecule has 2 heterocycles. The van der Waals surface area contributed by atoms with E-state index in [0.717, 1.165) is 22.2 Å². The number of fused-ring (bicyclic) bond motifs is 1. The van der Waals surface area contributed by atoms with Crippen molar-refractivity contribution in [1.82, 2.24) is 9.97 Å². The number of carbonyl (C=O) groups is 1. The van der Waals surface area contributed by atoms with Crippen LogP contribution in [0.2, 0.25) is 0 Å². The van der Waals surface area contributed by atoms with E-state index in [2.05, 4.69) is 9.97 Å². The Morgan fingerprint density at radius 3 is 3.11 bits per heavy atom. The Morgan fingerprint density at radius 2 is 2.26 bits per heavy atom. The van der Waals surface area contributed by atoms with E-state index in [0.29, 0.717) is 6.61 Å². The van der Waals surface area contributed by atoms with E-state index in [4.69, 9.17) is 9.15 Å². The van der Waals surface area contributed by atoms with E-state index in [1.54, 1.807) is 19.4 Å². The molecule has 1 aromatic carbocycles. The van der Waals surface area contributed by atoms with Gasteiger partial charge in [-0.1, -0.05) is 18.2 Å². The van der Waals surface area contributed by atoms with E-state index < -0.39 is 5.97 Å². The van der Waals surface area contributed by atoms with Gasteiger partial charge in [-0.05, 0) is 13.0 Å². The minimum Gasteiger partial charge on any atom is -0.464 e. The van der Waals surface area contributed by atoms with Crippen molar-refractivity contribution in [2.45, 2.75) is 6.92 Å². The van der Waals surface area contributed by atoms with Crippen LogP contribution in [0.25, 0.3) is 22.2 Å². The molecule has 0 atom stereocenters. The number of ether oxygens (including phenoxy) is 1. The number of furan rings is 1. The van der Waals surface area contributed by atoms with Crippen LogP contribution in [0.3, 0.4) is 0 Å². The smallest absolute Gasteiger partial charge is 0.374 e. The highest BCUT2D eigenvalue weighted by Crippen LogP contribution is 2.29. The number of nitrogens with zero attached hydrogens (tertiary/aromatic N) is 1. The molecule has 0 radical (unpaired) electrons. The first kappa shape index (κ1) is 11.5. The number of imidazole rings is 1. The van der Waals surface area contributed by atoms with E-state index >= 15 is 0 Å². The number of hydrogen-bond donors (Lipinski definition) is 1. The zero-order valence-electron chi connectivity index (χ0n) is 10.3. The van der Waals surface area contributed by atoms with Crippen LogP contribution >= 0.6 is 0 Å². The highest BCUT2D eigenvalue weighted by molar-refractivity contribution is 5.94. The zero-order chi connectivity index (χ0) is 13.2. The van der Waals surface area contributed by atoms with Gasteiger partial charge in [-0.15, -0.1) is 0 Å². The number of esters is 1. The maximum absolute atomic E-state index is 11.6. The highest BCUT2D eigenvalue weighted by Gasteiger charge is 2.14. The fourth-order valence-corrected chi connectivity index (χ4v) is 1.95. The molecule has 0 aliphatic carbocycles. The summed E-state index contributed by atoms with van der Waals surface area (Å²) >= 11 is 0. The van der Waals surface area contributed by atoms with E-state index in [-0.39, 0.29) is 5.82 Å². The van der Waals surface area contributed by atoms with Gasteiger partial charge < -0.3 is 14.1 Å². The molecule has 3 rings (SSSR count). The molecule has 2 aromatic heterocycles. The van der Waals surface area contributed by atoms with Crippen molar-refractivity contribution in [3.8, 4) is 11.3 Å². The fourth-order valence-electron chi connectivity index (χ4n) is 1.95. The van der Waals surface area contributed by atoms with Crippen LogP contribution < -0.4 is 0 Å². The van der Waals surface area contributed by atoms with Crippen molar-refractivity contribution in [2.24, 2.45) is 0 Å². The number of benzene rings is 1. The summed E-state index contributed by atoms with van der Waals surface area (Å²) in [6.07, 6.45) is 3.25. The summed E-state index contributed by atoms with van der Waals surface area (Å²) in [5.74, 6) is -0.260. The predicted octanol–water partition coefficient (Wildman–Crippen LogP) is 3.00.